The van der Waals surface area contributed by atoms with Crippen molar-refractivity contribution < 1.29 is 9.84 Å². The van der Waals surface area contributed by atoms with Gasteiger partial charge < -0.3 is 9.84 Å². The SMILES string of the molecule is COc1ncc(CC(C)(C)O)cc1C. The maximum Gasteiger partial charge on any atom is 0.215 e. The number of aromatic nitrogens is 1. The van der Waals surface area contributed by atoms with Gasteiger partial charge in [-0.15, -0.1) is 0 Å². The number of ether oxygens (including phenoxy) is 1. The average molecular weight is 195 g/mol. The fraction of sp³-hybridized carbons (Fsp3) is 0.545. The van der Waals surface area contributed by atoms with E-state index in [1.54, 1.807) is 27.2 Å². The molecule has 0 spiro atoms. The Bertz CT molecular complexity index is 316. The fourth-order valence-corrected chi connectivity index (χ4v) is 1.43. The van der Waals surface area contributed by atoms with Crippen LogP contribution >= 0.6 is 0 Å². The van der Waals surface area contributed by atoms with E-state index in [-0.39, 0.29) is 0 Å². The van der Waals surface area contributed by atoms with Crippen LogP contribution in [-0.2, 0) is 6.42 Å². The van der Waals surface area contributed by atoms with Crippen molar-refractivity contribution in [3.05, 3.63) is 23.4 Å². The molecule has 0 aliphatic rings. The van der Waals surface area contributed by atoms with E-state index in [1.807, 2.05) is 13.0 Å². The van der Waals surface area contributed by atoms with Crippen LogP contribution in [0.2, 0.25) is 0 Å². The second-order valence-electron chi connectivity index (χ2n) is 4.16. The Hall–Kier alpha value is -1.09. The van der Waals surface area contributed by atoms with Gasteiger partial charge in [-0.25, -0.2) is 4.98 Å². The lowest BCUT2D eigenvalue weighted by Gasteiger charge is -2.17. The van der Waals surface area contributed by atoms with Gasteiger partial charge in [-0.2, -0.15) is 0 Å². The summed E-state index contributed by atoms with van der Waals surface area (Å²) in [5, 5.41) is 9.63. The largest absolute Gasteiger partial charge is 0.481 e. The molecule has 3 heteroatoms. The van der Waals surface area contributed by atoms with Crippen molar-refractivity contribution in [1.29, 1.82) is 0 Å². The van der Waals surface area contributed by atoms with Crippen molar-refractivity contribution in [2.75, 3.05) is 7.11 Å². The number of rotatable bonds is 3. The highest BCUT2D eigenvalue weighted by Gasteiger charge is 2.14. The molecule has 0 saturated heterocycles. The van der Waals surface area contributed by atoms with Crippen LogP contribution in [0.4, 0.5) is 0 Å². The number of methoxy groups -OCH3 is 1. The summed E-state index contributed by atoms with van der Waals surface area (Å²) in [6, 6.07) is 1.99. The third-order valence-electron chi connectivity index (χ3n) is 1.92. The molecule has 0 amide bonds. The highest BCUT2D eigenvalue weighted by molar-refractivity contribution is 5.29. The molecule has 78 valence electrons. The quantitative estimate of drug-likeness (QED) is 0.798. The predicted octanol–water partition coefficient (Wildman–Crippen LogP) is 1.71. The van der Waals surface area contributed by atoms with Crippen LogP contribution in [0.5, 0.6) is 5.88 Å². The maximum atomic E-state index is 9.63. The first-order valence-corrected chi connectivity index (χ1v) is 4.64. The van der Waals surface area contributed by atoms with Gasteiger partial charge in [-0.3, -0.25) is 0 Å². The van der Waals surface area contributed by atoms with E-state index in [4.69, 9.17) is 4.74 Å². The highest BCUT2D eigenvalue weighted by Crippen LogP contribution is 2.18. The zero-order valence-electron chi connectivity index (χ0n) is 9.16. The van der Waals surface area contributed by atoms with Gasteiger partial charge in [0.1, 0.15) is 0 Å². The molecule has 0 aliphatic carbocycles. The van der Waals surface area contributed by atoms with Crippen molar-refractivity contribution in [2.24, 2.45) is 0 Å². The smallest absolute Gasteiger partial charge is 0.215 e. The molecule has 14 heavy (non-hydrogen) atoms. The molecule has 0 fully saturated rings. The number of hydrogen-bond acceptors (Lipinski definition) is 3. The fourth-order valence-electron chi connectivity index (χ4n) is 1.43. The minimum absolute atomic E-state index is 0.602. The Morgan fingerprint density at radius 3 is 2.57 bits per heavy atom. The molecule has 0 aliphatic heterocycles. The molecule has 0 atom stereocenters. The number of pyridine rings is 1. The Morgan fingerprint density at radius 2 is 2.14 bits per heavy atom. The van der Waals surface area contributed by atoms with Gasteiger partial charge in [0.2, 0.25) is 5.88 Å². The summed E-state index contributed by atoms with van der Waals surface area (Å²) < 4.78 is 5.06. The summed E-state index contributed by atoms with van der Waals surface area (Å²) in [5.41, 5.74) is 1.33. The van der Waals surface area contributed by atoms with E-state index >= 15 is 0 Å². The molecule has 1 N–H and O–H groups in total. The summed E-state index contributed by atoms with van der Waals surface area (Å²) in [6.45, 7) is 5.51. The molecule has 0 saturated carbocycles. The third kappa shape index (κ3) is 3.00. The molecule has 1 aromatic rings. The van der Waals surface area contributed by atoms with Crippen LogP contribution < -0.4 is 4.74 Å². The predicted molar refractivity (Wildman–Crippen MR) is 55.5 cm³/mol. The molecular weight excluding hydrogens is 178 g/mol. The topological polar surface area (TPSA) is 42.4 Å². The van der Waals surface area contributed by atoms with E-state index in [0.29, 0.717) is 12.3 Å². The van der Waals surface area contributed by atoms with Gasteiger partial charge in [-0.05, 0) is 32.4 Å². The molecule has 1 aromatic heterocycles. The van der Waals surface area contributed by atoms with Gasteiger partial charge >= 0.3 is 0 Å². The summed E-state index contributed by atoms with van der Waals surface area (Å²) in [7, 11) is 1.60. The number of aryl methyl sites for hydroxylation is 1. The van der Waals surface area contributed by atoms with Gasteiger partial charge in [0.05, 0.1) is 12.7 Å². The normalized spacial score (nSPS) is 11.5. The van der Waals surface area contributed by atoms with Crippen LogP contribution in [0.1, 0.15) is 25.0 Å². The molecule has 0 bridgehead atoms. The van der Waals surface area contributed by atoms with E-state index < -0.39 is 5.60 Å². The van der Waals surface area contributed by atoms with Gasteiger partial charge in [0.25, 0.3) is 0 Å². The van der Waals surface area contributed by atoms with Gasteiger partial charge in [-0.1, -0.05) is 0 Å². The van der Waals surface area contributed by atoms with Crippen LogP contribution in [0, 0.1) is 6.92 Å². The first kappa shape index (κ1) is 11.0. The molecular formula is C11H17NO2. The van der Waals surface area contributed by atoms with Crippen molar-refractivity contribution in [3.63, 3.8) is 0 Å². The summed E-state index contributed by atoms with van der Waals surface area (Å²) in [5.74, 6) is 0.643. The first-order valence-electron chi connectivity index (χ1n) is 4.64. The summed E-state index contributed by atoms with van der Waals surface area (Å²) in [6.07, 6.45) is 2.34. The number of aliphatic hydroxyl groups is 1. The molecule has 1 rings (SSSR count). The maximum absolute atomic E-state index is 9.63. The Morgan fingerprint density at radius 1 is 1.50 bits per heavy atom. The second kappa shape index (κ2) is 3.96. The van der Waals surface area contributed by atoms with Crippen molar-refractivity contribution in [3.8, 4) is 5.88 Å². The lowest BCUT2D eigenvalue weighted by atomic mass is 9.99. The van der Waals surface area contributed by atoms with E-state index in [9.17, 15) is 5.11 Å². The van der Waals surface area contributed by atoms with Crippen LogP contribution in [0.25, 0.3) is 0 Å². The lowest BCUT2D eigenvalue weighted by Crippen LogP contribution is -2.22. The third-order valence-corrected chi connectivity index (χ3v) is 1.92. The Labute approximate surface area is 84.7 Å². The molecule has 0 radical (unpaired) electrons. The molecule has 1 heterocycles. The van der Waals surface area contributed by atoms with Crippen LogP contribution in [-0.4, -0.2) is 22.8 Å². The van der Waals surface area contributed by atoms with Gasteiger partial charge in [0.15, 0.2) is 0 Å². The van der Waals surface area contributed by atoms with E-state index in [2.05, 4.69) is 4.98 Å². The average Bonchev–Trinajstić information content (AvgIpc) is 2.01. The van der Waals surface area contributed by atoms with Gasteiger partial charge in [0, 0.05) is 18.2 Å². The monoisotopic (exact) mass is 195 g/mol. The minimum atomic E-state index is -0.692. The minimum Gasteiger partial charge on any atom is -0.481 e. The van der Waals surface area contributed by atoms with Crippen LogP contribution in [0.3, 0.4) is 0 Å². The highest BCUT2D eigenvalue weighted by atomic mass is 16.5. The molecule has 0 aromatic carbocycles. The zero-order chi connectivity index (χ0) is 10.8. The standard InChI is InChI=1S/C11H17NO2/c1-8-5-9(6-11(2,3)13)7-12-10(8)14-4/h5,7,13H,6H2,1-4H3. The zero-order valence-corrected chi connectivity index (χ0v) is 9.16. The molecule has 3 nitrogen and oxygen atoms in total. The van der Waals surface area contributed by atoms with Crippen LogP contribution in [0.15, 0.2) is 12.3 Å². The molecule has 0 unspecified atom stereocenters. The Balaban J connectivity index is 2.87. The summed E-state index contributed by atoms with van der Waals surface area (Å²) in [4.78, 5) is 4.15. The number of hydrogen-bond donors (Lipinski definition) is 1. The van der Waals surface area contributed by atoms with Crippen molar-refractivity contribution >= 4 is 0 Å². The number of nitrogens with zero attached hydrogens (tertiary/aromatic N) is 1. The van der Waals surface area contributed by atoms with E-state index in [1.165, 1.54) is 0 Å². The van der Waals surface area contributed by atoms with E-state index in [0.717, 1.165) is 11.1 Å². The Kier molecular flexibility index (Phi) is 3.11. The summed E-state index contributed by atoms with van der Waals surface area (Å²) >= 11 is 0. The van der Waals surface area contributed by atoms with Crippen molar-refractivity contribution in [1.82, 2.24) is 4.98 Å². The second-order valence-corrected chi connectivity index (χ2v) is 4.16. The lowest BCUT2D eigenvalue weighted by molar-refractivity contribution is 0.0808. The first-order chi connectivity index (χ1) is 6.42. The van der Waals surface area contributed by atoms with Crippen molar-refractivity contribution in [2.45, 2.75) is 32.8 Å².